The summed E-state index contributed by atoms with van der Waals surface area (Å²) >= 11 is 0. The van der Waals surface area contributed by atoms with Gasteiger partial charge in [0.05, 0.1) is 13.2 Å². The zero-order chi connectivity index (χ0) is 66.4. The Kier molecular flexibility index (Phi) is 34.2. The number of nitrogens with one attached hydrogen (secondary N) is 5. The number of aliphatic hydroxyl groups excluding tert-OH is 6. The number of nitrogens with two attached hydrogens (primary N) is 10. The van der Waals surface area contributed by atoms with Gasteiger partial charge in [-0.05, 0) is 0 Å². The highest BCUT2D eigenvalue weighted by molar-refractivity contribution is 5.73. The van der Waals surface area contributed by atoms with Gasteiger partial charge in [0.25, 0.3) is 0 Å². The molecule has 0 bridgehead atoms. The SMILES string of the molecule is N.NC(N)=[NH+]C[C@H]1O[C@H](O[C@H]2[C@H](O[C@@H]3O[C@H](CO)[C@@H](O)[C@H]([NH+]=C(N)N)[C@H]3O)[C@@H](O)[C@H]([NH+]=C(N)N)C[C@@H]2[NH+]=C(N)N)[C@H]([NH+]=C(N)N)[C@@H](O)[C@@H]1O.O=C([O-])C(F)(F)F.O=C([O-])C(F)(F)F.O=C([O-])C(F)(F)F.O=C([O-])C(F)(F)F.O=C([O-])C(F)(F)F. The summed E-state index contributed by atoms with van der Waals surface area (Å²) in [4.78, 5) is 57.2. The van der Waals surface area contributed by atoms with Crippen molar-refractivity contribution < 1.29 is 190 Å². The highest BCUT2D eigenvalue weighted by atomic mass is 19.4. The van der Waals surface area contributed by atoms with E-state index in [-0.39, 0.29) is 48.9 Å². The lowest BCUT2D eigenvalue weighted by Gasteiger charge is -2.47. The first kappa shape index (κ1) is 82.7. The van der Waals surface area contributed by atoms with Crippen LogP contribution in [0.4, 0.5) is 65.9 Å². The molecule has 0 spiro atoms. The van der Waals surface area contributed by atoms with Gasteiger partial charge < -0.3 is 105 Å². The summed E-state index contributed by atoms with van der Waals surface area (Å²) in [7, 11) is 0. The van der Waals surface area contributed by atoms with Gasteiger partial charge in [0.1, 0.15) is 103 Å². The molecule has 0 aromatic rings. The maximum Gasteiger partial charge on any atom is 0.430 e. The monoisotopic (exact) mass is 1280 g/mol. The second-order valence-corrected chi connectivity index (χ2v) is 15.6. The minimum Gasteiger partial charge on any atom is -0.542 e. The molecule has 0 aromatic carbocycles. The van der Waals surface area contributed by atoms with Gasteiger partial charge in [-0.3, -0.25) is 82.3 Å². The molecular weight excluding hydrogens is 1230 g/mol. The van der Waals surface area contributed by atoms with Crippen LogP contribution < -0.4 is 114 Å². The van der Waals surface area contributed by atoms with Gasteiger partial charge in [0.2, 0.25) is 0 Å². The molecule has 1 aliphatic carbocycles. The summed E-state index contributed by atoms with van der Waals surface area (Å²) in [6, 6.07) is -4.59. The van der Waals surface area contributed by atoms with Crippen LogP contribution in [0.2, 0.25) is 0 Å². The van der Waals surface area contributed by atoms with Crippen LogP contribution in [0.25, 0.3) is 0 Å². The van der Waals surface area contributed by atoms with Crippen LogP contribution in [0, 0.1) is 0 Å². The van der Waals surface area contributed by atoms with Crippen molar-refractivity contribution in [2.75, 3.05) is 13.2 Å². The number of carboxylic acids is 5. The molecule has 0 aromatic heterocycles. The van der Waals surface area contributed by atoms with E-state index in [1.807, 2.05) is 0 Å². The number of aliphatic hydroxyl groups is 6. The molecule has 84 heavy (non-hydrogen) atoms. The number of rotatable bonds is 11. The van der Waals surface area contributed by atoms with E-state index in [0.717, 1.165) is 0 Å². The largest absolute Gasteiger partial charge is 0.542 e. The lowest BCUT2D eigenvalue weighted by atomic mass is 9.83. The summed E-state index contributed by atoms with van der Waals surface area (Å²) in [6.45, 7) is -0.913. The standard InChI is InChI=1S/C23H47N15O10.5C2HF3O2.H3N/c24-19(25)34-2-6-12(42)13(43)9(38-23(32)33)17(45-6)47-15-5(36-21(28)29)1-4(35-20(26)27)10(40)16(15)48-18-14(44)8(37-22(30)31)11(41)7(3-39)46-18;5*3-2(4,5)1(6)7;/h4-18,39-44H,1-3H2,(H4,24,25,34)(H4,26,27,35)(H4,28,29,36)(H4,30,31,37)(H4,32,33,38);5*(H,6,7);1H3/t4-,5+,6-,7-,8+,9-,10+,11-,12-,13-,14-,15-,16-,17-,18+;;;;;;/m1....../s1. The zero-order valence-electron chi connectivity index (χ0n) is 41.3. The van der Waals surface area contributed by atoms with Crippen LogP contribution in [0.3, 0.4) is 0 Å². The molecule has 15 atom stereocenters. The van der Waals surface area contributed by atoms with Crippen molar-refractivity contribution >= 4 is 59.6 Å². The molecular formula is C33H55F15N16O20. The van der Waals surface area contributed by atoms with Crippen molar-refractivity contribution in [1.29, 1.82) is 0 Å². The zero-order valence-corrected chi connectivity index (χ0v) is 41.3. The Hall–Kier alpha value is -7.79. The second-order valence-electron chi connectivity index (χ2n) is 15.6. The summed E-state index contributed by atoms with van der Waals surface area (Å²) in [6.07, 6.45) is -42.6. The van der Waals surface area contributed by atoms with E-state index in [2.05, 4.69) is 25.0 Å². The molecule has 1 saturated carbocycles. The molecule has 0 amide bonds. The second kappa shape index (κ2) is 34.7. The molecule has 34 N–H and O–H groups in total. The maximum atomic E-state index is 11.6. The molecule has 2 aliphatic heterocycles. The summed E-state index contributed by atoms with van der Waals surface area (Å²) in [5.41, 5.74) is 56.4. The number of carboxylic acid groups (broad SMARTS) is 5. The Labute approximate surface area is 455 Å². The van der Waals surface area contributed by atoms with E-state index in [9.17, 15) is 96.5 Å². The van der Waals surface area contributed by atoms with Crippen molar-refractivity contribution in [3.8, 4) is 0 Å². The first-order valence-corrected chi connectivity index (χ1v) is 20.9. The van der Waals surface area contributed by atoms with Crippen molar-refractivity contribution in [1.82, 2.24) is 6.15 Å². The third-order valence-corrected chi connectivity index (χ3v) is 9.18. The number of carbonyl (C=O) groups excluding carboxylic acids is 5. The number of halogens is 15. The Morgan fingerprint density at radius 2 is 0.738 bits per heavy atom. The van der Waals surface area contributed by atoms with E-state index < -0.39 is 159 Å². The van der Waals surface area contributed by atoms with E-state index in [4.69, 9.17) is 126 Å². The number of guanidine groups is 5. The lowest BCUT2D eigenvalue weighted by Crippen LogP contribution is -2.96. The molecule has 3 rings (SSSR count). The normalized spacial score (nSPS) is 27.4. The van der Waals surface area contributed by atoms with E-state index in [0.29, 0.717) is 0 Å². The smallest absolute Gasteiger partial charge is 0.430 e. The number of hydrogen-bond donors (Lipinski definition) is 22. The molecule has 3 fully saturated rings. The minimum atomic E-state index is -5.19. The van der Waals surface area contributed by atoms with Crippen molar-refractivity contribution in [3.63, 3.8) is 0 Å². The van der Waals surface area contributed by atoms with Gasteiger partial charge in [0, 0.05) is 6.42 Å². The molecule has 3 aliphatic rings. The van der Waals surface area contributed by atoms with Crippen LogP contribution in [-0.4, -0.2) is 226 Å². The van der Waals surface area contributed by atoms with Crippen molar-refractivity contribution in [3.05, 3.63) is 0 Å². The maximum absolute atomic E-state index is 11.6. The Bertz CT molecular complexity index is 2110. The van der Waals surface area contributed by atoms with Gasteiger partial charge in [-0.2, -0.15) is 65.9 Å². The van der Waals surface area contributed by atoms with Crippen LogP contribution in [-0.2, 0) is 42.9 Å². The number of ether oxygens (including phenoxy) is 4. The van der Waals surface area contributed by atoms with Gasteiger partial charge in [-0.15, -0.1) is 0 Å². The summed E-state index contributed by atoms with van der Waals surface area (Å²) in [5, 5.41) is 109. The molecule has 492 valence electrons. The molecule has 0 unspecified atom stereocenters. The summed E-state index contributed by atoms with van der Waals surface area (Å²) in [5.74, 6) is -16.5. The molecule has 0 radical (unpaired) electrons. The highest BCUT2D eigenvalue weighted by Crippen LogP contribution is 2.31. The van der Waals surface area contributed by atoms with Gasteiger partial charge >= 0.3 is 60.7 Å². The average molecular weight is 1280 g/mol. The topological polar surface area (TPSA) is 724 Å². The van der Waals surface area contributed by atoms with E-state index >= 15 is 0 Å². The fourth-order valence-corrected chi connectivity index (χ4v) is 5.90. The predicted molar refractivity (Wildman–Crippen MR) is 221 cm³/mol. The third-order valence-electron chi connectivity index (χ3n) is 9.18. The number of carbonyl (C=O) groups is 5. The van der Waals surface area contributed by atoms with Crippen molar-refractivity contribution in [2.45, 2.75) is 129 Å². The van der Waals surface area contributed by atoms with Crippen molar-refractivity contribution in [2.24, 2.45) is 57.3 Å². The van der Waals surface area contributed by atoms with E-state index in [1.165, 1.54) is 0 Å². The third kappa shape index (κ3) is 31.0. The molecule has 51 heteroatoms. The molecule has 2 heterocycles. The number of alkyl halides is 15. The van der Waals surface area contributed by atoms with Gasteiger partial charge in [-0.1, -0.05) is 0 Å². The summed E-state index contributed by atoms with van der Waals surface area (Å²) < 4.78 is 182. The number of aliphatic carboxylic acids is 5. The van der Waals surface area contributed by atoms with E-state index in [1.54, 1.807) is 0 Å². The quantitative estimate of drug-likeness (QED) is 0.0519. The molecule has 36 nitrogen and oxygen atoms in total. The fraction of sp³-hybridized carbons (Fsp3) is 0.697. The average Bonchev–Trinajstić information content (AvgIpc) is 3.29. The Morgan fingerprint density at radius 3 is 1.05 bits per heavy atom. The Morgan fingerprint density at radius 1 is 0.429 bits per heavy atom. The minimum absolute atomic E-state index is 0. The van der Waals surface area contributed by atoms with Crippen LogP contribution in [0.5, 0.6) is 0 Å². The van der Waals surface area contributed by atoms with Crippen LogP contribution in [0.15, 0.2) is 0 Å². The fourth-order valence-electron chi connectivity index (χ4n) is 5.90. The Balaban J connectivity index is -0.000000711. The first-order valence-electron chi connectivity index (χ1n) is 20.9. The lowest BCUT2D eigenvalue weighted by molar-refractivity contribution is -0.596. The predicted octanol–water partition coefficient (Wildman–Crippen LogP) is -23.7. The molecule has 2 saturated heterocycles. The van der Waals surface area contributed by atoms with Crippen LogP contribution >= 0.6 is 0 Å². The highest BCUT2D eigenvalue weighted by Gasteiger charge is 2.55. The number of hydrogen-bond acceptors (Lipinski definition) is 21. The van der Waals surface area contributed by atoms with Crippen LogP contribution in [0.1, 0.15) is 6.42 Å². The van der Waals surface area contributed by atoms with Gasteiger partial charge in [-0.25, -0.2) is 0 Å². The first-order chi connectivity index (χ1) is 37.2. The van der Waals surface area contributed by atoms with Gasteiger partial charge in [0.15, 0.2) is 18.6 Å².